The van der Waals surface area contributed by atoms with Crippen LogP contribution in [-0.4, -0.2) is 25.7 Å². The van der Waals surface area contributed by atoms with Crippen molar-refractivity contribution in [3.8, 4) is 11.3 Å². The van der Waals surface area contributed by atoms with Gasteiger partial charge in [0.25, 0.3) is 0 Å². The van der Waals surface area contributed by atoms with Crippen molar-refractivity contribution in [3.63, 3.8) is 0 Å². The lowest BCUT2D eigenvalue weighted by Gasteiger charge is -2.23. The molecule has 4 nitrogen and oxygen atoms in total. The third-order valence-electron chi connectivity index (χ3n) is 4.14. The van der Waals surface area contributed by atoms with E-state index >= 15 is 0 Å². The average molecular weight is 419 g/mol. The van der Waals surface area contributed by atoms with Gasteiger partial charge in [-0.15, -0.1) is 11.3 Å². The van der Waals surface area contributed by atoms with Crippen molar-refractivity contribution in [1.29, 1.82) is 0 Å². The van der Waals surface area contributed by atoms with E-state index in [0.29, 0.717) is 15.8 Å². The summed E-state index contributed by atoms with van der Waals surface area (Å²) < 4.78 is 27.4. The van der Waals surface area contributed by atoms with E-state index in [-0.39, 0.29) is 6.42 Å². The number of halogens is 1. The minimum atomic E-state index is -3.65. The molecule has 1 heterocycles. The molecule has 0 bridgehead atoms. The average Bonchev–Trinajstić information content (AvgIpc) is 3.16. The molecule has 0 amide bonds. The van der Waals surface area contributed by atoms with Crippen LogP contribution in [0.25, 0.3) is 11.3 Å². The van der Waals surface area contributed by atoms with Crippen molar-refractivity contribution in [3.05, 3.63) is 83.9 Å². The zero-order chi connectivity index (χ0) is 19.4. The maximum Gasteiger partial charge on any atom is 0.240 e. The van der Waals surface area contributed by atoms with Gasteiger partial charge in [-0.05, 0) is 18.1 Å². The number of thiazole rings is 1. The number of aromatic nitrogens is 1. The molecule has 0 saturated carbocycles. The van der Waals surface area contributed by atoms with Crippen LogP contribution in [0.15, 0.2) is 60.0 Å². The van der Waals surface area contributed by atoms with E-state index in [1.54, 1.807) is 12.5 Å². The van der Waals surface area contributed by atoms with Crippen LogP contribution in [0.3, 0.4) is 0 Å². The van der Waals surface area contributed by atoms with Gasteiger partial charge in [-0.1, -0.05) is 67.1 Å². The Bertz CT molecular complexity index is 1000. The fraction of sp³-hybridized carbons (Fsp3) is 0.150. The largest absolute Gasteiger partial charge is 0.248 e. The van der Waals surface area contributed by atoms with E-state index in [4.69, 9.17) is 11.6 Å². The predicted molar refractivity (Wildman–Crippen MR) is 113 cm³/mol. The predicted octanol–water partition coefficient (Wildman–Crippen LogP) is 5.07. The van der Waals surface area contributed by atoms with Gasteiger partial charge in [0, 0.05) is 29.4 Å². The lowest BCUT2D eigenvalue weighted by Crippen LogP contribution is -2.36. The molecule has 27 heavy (non-hydrogen) atoms. The first-order valence-corrected chi connectivity index (χ1v) is 11.1. The van der Waals surface area contributed by atoms with Crippen molar-refractivity contribution in [2.24, 2.45) is 0 Å². The molecule has 0 aliphatic carbocycles. The molecular weight excluding hydrogens is 400 g/mol. The highest BCUT2D eigenvalue weighted by Gasteiger charge is 2.30. The lowest BCUT2D eigenvalue weighted by atomic mass is 10.1. The molecule has 0 aliphatic rings. The van der Waals surface area contributed by atoms with Gasteiger partial charge in [-0.3, -0.25) is 0 Å². The highest BCUT2D eigenvalue weighted by atomic mass is 35.5. The molecule has 1 aromatic heterocycles. The normalized spacial score (nSPS) is 12.7. The minimum absolute atomic E-state index is 0.227. The molecule has 0 spiro atoms. The van der Waals surface area contributed by atoms with Crippen LogP contribution in [0.1, 0.15) is 12.0 Å². The highest BCUT2D eigenvalue weighted by Crippen LogP contribution is 2.33. The van der Waals surface area contributed by atoms with Crippen LogP contribution in [0.2, 0.25) is 5.02 Å². The van der Waals surface area contributed by atoms with E-state index in [1.165, 1.54) is 22.7 Å². The zero-order valence-corrected chi connectivity index (χ0v) is 17.1. The van der Waals surface area contributed by atoms with Crippen LogP contribution in [0.4, 0.5) is 5.13 Å². The second-order valence-corrected chi connectivity index (χ2v) is 9.34. The van der Waals surface area contributed by atoms with E-state index in [1.807, 2.05) is 53.9 Å². The standard InChI is InChI=1S/C20H19ClN2O2S2/c1-3-16(13-15-9-5-4-6-10-15)27(24,25)23(2)20-22-19(14-26-20)17-11-7-8-12-18(17)21/h4-14,16H,1,3H2,2H3/t16-/m0/s1. The second kappa shape index (κ2) is 8.42. The summed E-state index contributed by atoms with van der Waals surface area (Å²) in [6.07, 6.45) is 1.95. The van der Waals surface area contributed by atoms with E-state index in [9.17, 15) is 8.42 Å². The Morgan fingerprint density at radius 3 is 2.52 bits per heavy atom. The van der Waals surface area contributed by atoms with Crippen molar-refractivity contribution >= 4 is 38.1 Å². The number of hydrogen-bond donors (Lipinski definition) is 0. The fourth-order valence-electron chi connectivity index (χ4n) is 2.61. The second-order valence-electron chi connectivity index (χ2n) is 5.91. The Balaban J connectivity index is 1.85. The molecule has 0 unspecified atom stereocenters. The Kier molecular flexibility index (Phi) is 6.19. The van der Waals surface area contributed by atoms with Crippen molar-refractivity contribution in [1.82, 2.24) is 4.98 Å². The highest BCUT2D eigenvalue weighted by molar-refractivity contribution is 7.93. The lowest BCUT2D eigenvalue weighted by molar-refractivity contribution is 0.584. The molecule has 0 saturated heterocycles. The van der Waals surface area contributed by atoms with Gasteiger partial charge in [0.15, 0.2) is 5.13 Å². The van der Waals surface area contributed by atoms with Crippen LogP contribution < -0.4 is 4.31 Å². The van der Waals surface area contributed by atoms with Gasteiger partial charge < -0.3 is 0 Å². The molecule has 7 heteroatoms. The summed E-state index contributed by atoms with van der Waals surface area (Å²) in [7, 11) is -2.13. The van der Waals surface area contributed by atoms with Gasteiger partial charge >= 0.3 is 0 Å². The first-order chi connectivity index (χ1) is 12.9. The van der Waals surface area contributed by atoms with E-state index in [2.05, 4.69) is 11.9 Å². The number of rotatable bonds is 7. The monoisotopic (exact) mass is 418 g/mol. The maximum absolute atomic E-state index is 13.1. The first-order valence-electron chi connectivity index (χ1n) is 8.31. The fourth-order valence-corrected chi connectivity index (χ4v) is 5.27. The maximum atomic E-state index is 13.1. The SMILES string of the molecule is [CH2]C[C@@H]([CH]c1ccccc1)S(=O)(=O)N(C)c1nc(-c2ccccc2Cl)cs1. The van der Waals surface area contributed by atoms with Crippen LogP contribution in [0.5, 0.6) is 0 Å². The molecule has 140 valence electrons. The topological polar surface area (TPSA) is 50.3 Å². The molecule has 1 atom stereocenters. The Morgan fingerprint density at radius 1 is 1.19 bits per heavy atom. The molecule has 2 radical (unpaired) electrons. The number of sulfonamides is 1. The summed E-state index contributed by atoms with van der Waals surface area (Å²) in [6, 6.07) is 16.7. The number of anilines is 1. The summed E-state index contributed by atoms with van der Waals surface area (Å²) in [5, 5.41) is 2.04. The van der Waals surface area contributed by atoms with Gasteiger partial charge in [0.1, 0.15) is 0 Å². The van der Waals surface area contributed by atoms with Crippen molar-refractivity contribution in [2.45, 2.75) is 11.7 Å². The third kappa shape index (κ3) is 4.34. The first kappa shape index (κ1) is 19.9. The third-order valence-corrected chi connectivity index (χ3v) is 7.57. The van der Waals surface area contributed by atoms with Gasteiger partial charge in [-0.25, -0.2) is 17.7 Å². The van der Waals surface area contributed by atoms with Gasteiger partial charge in [-0.2, -0.15) is 0 Å². The van der Waals surface area contributed by atoms with Crippen LogP contribution >= 0.6 is 22.9 Å². The van der Waals surface area contributed by atoms with Crippen molar-refractivity contribution in [2.75, 3.05) is 11.4 Å². The molecule has 0 aliphatic heterocycles. The van der Waals surface area contributed by atoms with E-state index < -0.39 is 15.3 Å². The minimum Gasteiger partial charge on any atom is -0.248 e. The number of nitrogens with zero attached hydrogens (tertiary/aromatic N) is 2. The number of benzene rings is 2. The summed E-state index contributed by atoms with van der Waals surface area (Å²) in [6.45, 7) is 3.82. The molecule has 3 aromatic rings. The molecule has 0 fully saturated rings. The zero-order valence-electron chi connectivity index (χ0n) is 14.7. The van der Waals surface area contributed by atoms with Gasteiger partial charge in [0.05, 0.1) is 10.9 Å². The van der Waals surface area contributed by atoms with Crippen molar-refractivity contribution < 1.29 is 8.42 Å². The summed E-state index contributed by atoms with van der Waals surface area (Å²) >= 11 is 7.49. The summed E-state index contributed by atoms with van der Waals surface area (Å²) in [5.74, 6) is 0. The molecule has 3 rings (SSSR count). The Hall–Kier alpha value is -1.89. The van der Waals surface area contributed by atoms with Crippen LogP contribution in [0, 0.1) is 13.3 Å². The molecule has 0 N–H and O–H groups in total. The summed E-state index contributed by atoms with van der Waals surface area (Å²) in [5.41, 5.74) is 2.27. The molecule has 2 aromatic carbocycles. The summed E-state index contributed by atoms with van der Waals surface area (Å²) in [4.78, 5) is 4.48. The Morgan fingerprint density at radius 2 is 1.85 bits per heavy atom. The Labute approximate surface area is 169 Å². The quantitative estimate of drug-likeness (QED) is 0.537. The smallest absolute Gasteiger partial charge is 0.240 e. The number of hydrogen-bond acceptors (Lipinski definition) is 4. The van der Waals surface area contributed by atoms with Crippen LogP contribution in [-0.2, 0) is 10.0 Å². The van der Waals surface area contributed by atoms with Gasteiger partial charge in [0.2, 0.25) is 10.0 Å². The van der Waals surface area contributed by atoms with E-state index in [0.717, 1.165) is 11.1 Å². The molecular formula is C20H19ClN2O2S2.